The molecular weight excluding hydrogens is 396 g/mol. The van der Waals surface area contributed by atoms with Gasteiger partial charge in [0.05, 0.1) is 19.3 Å². The largest absolute Gasteiger partial charge is 0.497 e. The molecule has 2 aromatic carbocycles. The van der Waals surface area contributed by atoms with E-state index in [1.54, 1.807) is 18.9 Å². The average molecular weight is 417 g/mol. The predicted molar refractivity (Wildman–Crippen MR) is 111 cm³/mol. The van der Waals surface area contributed by atoms with Gasteiger partial charge in [0.1, 0.15) is 5.75 Å². The highest BCUT2D eigenvalue weighted by Gasteiger charge is 2.17. The standard InChI is InChI=1S/C20H21ClN4O2S/c1-13-7-8-16(21)10-18(13)25-19(11-22-14(2)26)23-24-20(25)28-12-15-5-4-6-17(9-15)27-3/h4-10H,11-12H2,1-3H3,(H,22,26). The molecule has 3 rings (SSSR count). The number of thioether (sulfide) groups is 1. The third kappa shape index (κ3) is 4.85. The maximum atomic E-state index is 11.4. The van der Waals surface area contributed by atoms with E-state index in [2.05, 4.69) is 15.5 Å². The van der Waals surface area contributed by atoms with E-state index < -0.39 is 0 Å². The van der Waals surface area contributed by atoms with Crippen LogP contribution in [0.15, 0.2) is 47.6 Å². The van der Waals surface area contributed by atoms with Gasteiger partial charge in [0.15, 0.2) is 11.0 Å². The van der Waals surface area contributed by atoms with Crippen molar-refractivity contribution >= 4 is 29.3 Å². The predicted octanol–water partition coefficient (Wildman–Crippen LogP) is 4.17. The van der Waals surface area contributed by atoms with Crippen molar-refractivity contribution in [2.24, 2.45) is 0 Å². The number of hydrogen-bond acceptors (Lipinski definition) is 5. The molecule has 1 aromatic heterocycles. The molecule has 0 atom stereocenters. The Bertz CT molecular complexity index is 990. The SMILES string of the molecule is COc1cccc(CSc2nnc(CNC(C)=O)n2-c2cc(Cl)ccc2C)c1. The zero-order chi connectivity index (χ0) is 20.1. The summed E-state index contributed by atoms with van der Waals surface area (Å²) < 4.78 is 7.24. The van der Waals surface area contributed by atoms with Crippen molar-refractivity contribution in [1.29, 1.82) is 0 Å². The summed E-state index contributed by atoms with van der Waals surface area (Å²) in [5.74, 6) is 2.04. The molecule has 3 aromatic rings. The van der Waals surface area contributed by atoms with Crippen LogP contribution in [0, 0.1) is 6.92 Å². The number of amides is 1. The van der Waals surface area contributed by atoms with Crippen molar-refractivity contribution in [2.45, 2.75) is 31.3 Å². The van der Waals surface area contributed by atoms with Crippen LogP contribution in [0.1, 0.15) is 23.9 Å². The van der Waals surface area contributed by atoms with E-state index in [0.717, 1.165) is 27.7 Å². The molecule has 8 heteroatoms. The van der Waals surface area contributed by atoms with Crippen LogP contribution < -0.4 is 10.1 Å². The number of aromatic nitrogens is 3. The van der Waals surface area contributed by atoms with Crippen LogP contribution in [0.5, 0.6) is 5.75 Å². The number of methoxy groups -OCH3 is 1. The molecule has 6 nitrogen and oxygen atoms in total. The molecule has 0 unspecified atom stereocenters. The van der Waals surface area contributed by atoms with Gasteiger partial charge >= 0.3 is 0 Å². The molecule has 0 radical (unpaired) electrons. The van der Waals surface area contributed by atoms with Crippen LogP contribution in [-0.2, 0) is 17.1 Å². The summed E-state index contributed by atoms with van der Waals surface area (Å²) in [6.07, 6.45) is 0. The smallest absolute Gasteiger partial charge is 0.217 e. The Morgan fingerprint density at radius 3 is 2.82 bits per heavy atom. The molecular formula is C20H21ClN4O2S. The Kier molecular flexibility index (Phi) is 6.59. The Hall–Kier alpha value is -2.51. The van der Waals surface area contributed by atoms with Crippen LogP contribution in [-0.4, -0.2) is 27.8 Å². The molecule has 0 saturated carbocycles. The minimum absolute atomic E-state index is 0.122. The Labute approximate surface area is 173 Å². The number of aryl methyl sites for hydroxylation is 1. The Morgan fingerprint density at radius 2 is 2.07 bits per heavy atom. The van der Waals surface area contributed by atoms with Crippen molar-refractivity contribution in [1.82, 2.24) is 20.1 Å². The van der Waals surface area contributed by atoms with Gasteiger partial charge in [-0.15, -0.1) is 10.2 Å². The maximum Gasteiger partial charge on any atom is 0.217 e. The van der Waals surface area contributed by atoms with Gasteiger partial charge in [-0.1, -0.05) is 41.6 Å². The van der Waals surface area contributed by atoms with Gasteiger partial charge in [-0.3, -0.25) is 9.36 Å². The normalized spacial score (nSPS) is 10.7. The fourth-order valence-electron chi connectivity index (χ4n) is 2.69. The van der Waals surface area contributed by atoms with Crippen LogP contribution in [0.4, 0.5) is 0 Å². The molecule has 28 heavy (non-hydrogen) atoms. The first-order valence-electron chi connectivity index (χ1n) is 8.69. The van der Waals surface area contributed by atoms with Gasteiger partial charge in [0, 0.05) is 17.7 Å². The number of rotatable bonds is 7. The summed E-state index contributed by atoms with van der Waals surface area (Å²) in [7, 11) is 1.65. The highest BCUT2D eigenvalue weighted by Crippen LogP contribution is 2.29. The highest BCUT2D eigenvalue weighted by atomic mass is 35.5. The third-order valence-corrected chi connectivity index (χ3v) is 5.35. The second-order valence-corrected chi connectivity index (χ2v) is 7.59. The quantitative estimate of drug-likeness (QED) is 0.585. The lowest BCUT2D eigenvalue weighted by Crippen LogP contribution is -2.21. The van der Waals surface area contributed by atoms with Gasteiger partial charge in [0.25, 0.3) is 0 Å². The zero-order valence-electron chi connectivity index (χ0n) is 15.9. The summed E-state index contributed by atoms with van der Waals surface area (Å²) in [5, 5.41) is 12.8. The van der Waals surface area contributed by atoms with Gasteiger partial charge < -0.3 is 10.1 Å². The highest BCUT2D eigenvalue weighted by molar-refractivity contribution is 7.98. The Balaban J connectivity index is 1.93. The molecule has 146 valence electrons. The van der Waals surface area contributed by atoms with Gasteiger partial charge in [0.2, 0.25) is 5.91 Å². The van der Waals surface area contributed by atoms with Gasteiger partial charge in [-0.2, -0.15) is 0 Å². The second-order valence-electron chi connectivity index (χ2n) is 6.21. The second kappa shape index (κ2) is 9.12. The van der Waals surface area contributed by atoms with E-state index in [-0.39, 0.29) is 12.5 Å². The van der Waals surface area contributed by atoms with Crippen LogP contribution in [0.2, 0.25) is 5.02 Å². The van der Waals surface area contributed by atoms with Crippen LogP contribution in [0.25, 0.3) is 5.69 Å². The number of hydrogen-bond donors (Lipinski definition) is 1. The third-order valence-electron chi connectivity index (χ3n) is 4.11. The molecule has 1 amide bonds. The summed E-state index contributed by atoms with van der Waals surface area (Å²) >= 11 is 7.79. The van der Waals surface area contributed by atoms with E-state index >= 15 is 0 Å². The fourth-order valence-corrected chi connectivity index (χ4v) is 3.76. The number of nitrogens with zero attached hydrogens (tertiary/aromatic N) is 3. The molecule has 0 spiro atoms. The first kappa shape index (κ1) is 20.2. The summed E-state index contributed by atoms with van der Waals surface area (Å²) in [5.41, 5.74) is 3.05. The number of halogens is 1. The first-order chi connectivity index (χ1) is 13.5. The maximum absolute atomic E-state index is 11.4. The number of carbonyl (C=O) groups excluding carboxylic acids is 1. The van der Waals surface area contributed by atoms with Crippen LogP contribution in [0.3, 0.4) is 0 Å². The summed E-state index contributed by atoms with van der Waals surface area (Å²) in [6, 6.07) is 13.6. The monoisotopic (exact) mass is 416 g/mol. The molecule has 1 N–H and O–H groups in total. The van der Waals surface area contributed by atoms with E-state index in [0.29, 0.717) is 16.6 Å². The van der Waals surface area contributed by atoms with Crippen molar-refractivity contribution in [3.8, 4) is 11.4 Å². The topological polar surface area (TPSA) is 69.0 Å². The Morgan fingerprint density at radius 1 is 1.25 bits per heavy atom. The molecule has 0 aliphatic rings. The molecule has 0 aliphatic carbocycles. The lowest BCUT2D eigenvalue weighted by Gasteiger charge is -2.13. The average Bonchev–Trinajstić information content (AvgIpc) is 3.09. The lowest BCUT2D eigenvalue weighted by molar-refractivity contribution is -0.119. The lowest BCUT2D eigenvalue weighted by atomic mass is 10.2. The molecule has 0 fully saturated rings. The number of carbonyl (C=O) groups is 1. The number of ether oxygens (including phenoxy) is 1. The minimum Gasteiger partial charge on any atom is -0.497 e. The zero-order valence-corrected chi connectivity index (χ0v) is 17.5. The summed E-state index contributed by atoms with van der Waals surface area (Å²) in [4.78, 5) is 11.4. The molecule has 0 bridgehead atoms. The molecule has 0 aliphatic heterocycles. The first-order valence-corrected chi connectivity index (χ1v) is 10.0. The molecule has 1 heterocycles. The van der Waals surface area contributed by atoms with Gasteiger partial charge in [-0.25, -0.2) is 0 Å². The van der Waals surface area contributed by atoms with Crippen molar-refractivity contribution in [3.05, 3.63) is 64.4 Å². The van der Waals surface area contributed by atoms with E-state index in [1.807, 2.05) is 54.0 Å². The van der Waals surface area contributed by atoms with Crippen molar-refractivity contribution in [3.63, 3.8) is 0 Å². The minimum atomic E-state index is -0.122. The van der Waals surface area contributed by atoms with E-state index in [9.17, 15) is 4.79 Å². The van der Waals surface area contributed by atoms with Gasteiger partial charge in [-0.05, 0) is 42.3 Å². The summed E-state index contributed by atoms with van der Waals surface area (Å²) in [6.45, 7) is 3.77. The number of nitrogens with one attached hydrogen (secondary N) is 1. The number of benzene rings is 2. The van der Waals surface area contributed by atoms with E-state index in [4.69, 9.17) is 16.3 Å². The van der Waals surface area contributed by atoms with E-state index in [1.165, 1.54) is 6.92 Å². The van der Waals surface area contributed by atoms with Crippen LogP contribution >= 0.6 is 23.4 Å². The van der Waals surface area contributed by atoms with Crippen molar-refractivity contribution in [2.75, 3.05) is 7.11 Å². The molecule has 0 saturated heterocycles. The fraction of sp³-hybridized carbons (Fsp3) is 0.250. The van der Waals surface area contributed by atoms with Crippen molar-refractivity contribution < 1.29 is 9.53 Å².